The molecule has 0 radical (unpaired) electrons. The lowest BCUT2D eigenvalue weighted by molar-refractivity contribution is -0.137. The predicted molar refractivity (Wildman–Crippen MR) is 72.2 cm³/mol. The van der Waals surface area contributed by atoms with E-state index in [2.05, 4.69) is 5.32 Å². The van der Waals surface area contributed by atoms with Crippen LogP contribution in [0.2, 0.25) is 0 Å². The Kier molecular flexibility index (Phi) is 6.07. The summed E-state index contributed by atoms with van der Waals surface area (Å²) in [6.07, 6.45) is 0.0794. The van der Waals surface area contributed by atoms with Crippen LogP contribution in [-0.2, 0) is 4.79 Å². The molecule has 0 aromatic heterocycles. The van der Waals surface area contributed by atoms with Crippen LogP contribution < -0.4 is 5.32 Å². The quantitative estimate of drug-likeness (QED) is 0.789. The first-order valence-corrected chi connectivity index (χ1v) is 6.88. The van der Waals surface area contributed by atoms with Gasteiger partial charge in [0.15, 0.2) is 0 Å². The molecule has 1 aromatic rings. The number of hydrogen-bond acceptors (Lipinski definition) is 3. The maximum atomic E-state index is 12.4. The molecule has 116 valence electrons. The maximum Gasteiger partial charge on any atom is 0.446 e. The van der Waals surface area contributed by atoms with Crippen molar-refractivity contribution < 1.29 is 27.9 Å². The average molecular weight is 321 g/mol. The van der Waals surface area contributed by atoms with E-state index in [9.17, 15) is 22.8 Å². The summed E-state index contributed by atoms with van der Waals surface area (Å²) in [4.78, 5) is 22.2. The molecule has 0 aliphatic heterocycles. The van der Waals surface area contributed by atoms with E-state index in [0.29, 0.717) is 0 Å². The van der Waals surface area contributed by atoms with Gasteiger partial charge in [-0.1, -0.05) is 12.1 Å². The predicted octanol–water partition coefficient (Wildman–Crippen LogP) is 3.28. The van der Waals surface area contributed by atoms with Crippen LogP contribution in [0.1, 0.15) is 30.1 Å². The minimum Gasteiger partial charge on any atom is -0.481 e. The standard InChI is InChI=1S/C13H14F3NO3S/c1-8(6-7-11(18)19)17-12(20)9-4-2-3-5-10(9)21-13(14,15)16/h2-5,8H,6-7H2,1H3,(H,17,20)(H,18,19). The Morgan fingerprint density at radius 3 is 2.52 bits per heavy atom. The first-order valence-electron chi connectivity index (χ1n) is 6.06. The Morgan fingerprint density at radius 2 is 1.95 bits per heavy atom. The van der Waals surface area contributed by atoms with Gasteiger partial charge >= 0.3 is 11.5 Å². The van der Waals surface area contributed by atoms with E-state index in [4.69, 9.17) is 5.11 Å². The number of rotatable bonds is 6. The van der Waals surface area contributed by atoms with E-state index >= 15 is 0 Å². The molecule has 8 heteroatoms. The third-order valence-corrected chi connectivity index (χ3v) is 3.33. The van der Waals surface area contributed by atoms with Gasteiger partial charge in [0, 0.05) is 17.4 Å². The lowest BCUT2D eigenvalue weighted by Gasteiger charge is -2.15. The zero-order valence-corrected chi connectivity index (χ0v) is 11.9. The Bertz CT molecular complexity index is 520. The number of nitrogens with one attached hydrogen (secondary N) is 1. The number of carbonyl (C=O) groups is 2. The number of halogens is 3. The Labute approximate surface area is 123 Å². The molecule has 0 saturated carbocycles. The molecule has 21 heavy (non-hydrogen) atoms. The molecule has 0 aliphatic rings. The van der Waals surface area contributed by atoms with Crippen molar-refractivity contribution in [3.63, 3.8) is 0 Å². The molecule has 0 fully saturated rings. The van der Waals surface area contributed by atoms with Crippen LogP contribution in [0, 0.1) is 0 Å². The number of thioether (sulfide) groups is 1. The average Bonchev–Trinajstić information content (AvgIpc) is 2.35. The van der Waals surface area contributed by atoms with Crippen LogP contribution in [0.15, 0.2) is 29.2 Å². The van der Waals surface area contributed by atoms with Gasteiger partial charge in [0.05, 0.1) is 5.56 Å². The minimum absolute atomic E-state index is 0.0815. The largest absolute Gasteiger partial charge is 0.481 e. The zero-order valence-electron chi connectivity index (χ0n) is 11.1. The molecule has 4 nitrogen and oxygen atoms in total. The molecule has 0 aliphatic carbocycles. The lowest BCUT2D eigenvalue weighted by Crippen LogP contribution is -2.33. The molecule has 0 bridgehead atoms. The topological polar surface area (TPSA) is 66.4 Å². The van der Waals surface area contributed by atoms with Gasteiger partial charge in [-0.15, -0.1) is 0 Å². The zero-order chi connectivity index (χ0) is 16.0. The number of aliphatic carboxylic acids is 1. The summed E-state index contributed by atoms with van der Waals surface area (Å²) in [6, 6.07) is 4.95. The van der Waals surface area contributed by atoms with Crippen molar-refractivity contribution in [1.29, 1.82) is 0 Å². The van der Waals surface area contributed by atoms with Crippen molar-refractivity contribution in [3.8, 4) is 0 Å². The van der Waals surface area contributed by atoms with Gasteiger partial charge in [0.2, 0.25) is 0 Å². The van der Waals surface area contributed by atoms with Crippen molar-refractivity contribution >= 4 is 23.6 Å². The summed E-state index contributed by atoms with van der Waals surface area (Å²) in [5.74, 6) is -1.65. The summed E-state index contributed by atoms with van der Waals surface area (Å²) < 4.78 is 37.3. The highest BCUT2D eigenvalue weighted by Gasteiger charge is 2.31. The maximum absolute atomic E-state index is 12.4. The first kappa shape index (κ1) is 17.4. The van der Waals surface area contributed by atoms with Gasteiger partial charge in [0.25, 0.3) is 5.91 Å². The molecule has 0 heterocycles. The summed E-state index contributed by atoms with van der Waals surface area (Å²) in [5, 5.41) is 11.0. The van der Waals surface area contributed by atoms with Gasteiger partial charge in [-0.05, 0) is 37.2 Å². The van der Waals surface area contributed by atoms with Crippen LogP contribution in [0.25, 0.3) is 0 Å². The summed E-state index contributed by atoms with van der Waals surface area (Å²) in [5.41, 5.74) is -4.56. The van der Waals surface area contributed by atoms with Crippen molar-refractivity contribution in [2.45, 2.75) is 36.2 Å². The third kappa shape index (κ3) is 6.52. The first-order chi connectivity index (χ1) is 9.69. The highest BCUT2D eigenvalue weighted by atomic mass is 32.2. The molecular formula is C13H14F3NO3S. The molecule has 0 spiro atoms. The minimum atomic E-state index is -4.48. The van der Waals surface area contributed by atoms with Gasteiger partial charge in [-0.25, -0.2) is 0 Å². The smallest absolute Gasteiger partial charge is 0.446 e. The van der Waals surface area contributed by atoms with Crippen LogP contribution >= 0.6 is 11.8 Å². The second-order valence-electron chi connectivity index (χ2n) is 4.35. The second kappa shape index (κ2) is 7.35. The van der Waals surface area contributed by atoms with Gasteiger partial charge in [-0.2, -0.15) is 13.2 Å². The fourth-order valence-corrected chi connectivity index (χ4v) is 2.25. The van der Waals surface area contributed by atoms with Crippen LogP contribution in [0.4, 0.5) is 13.2 Å². The monoisotopic (exact) mass is 321 g/mol. The molecular weight excluding hydrogens is 307 g/mol. The second-order valence-corrected chi connectivity index (χ2v) is 5.46. The van der Waals surface area contributed by atoms with Crippen molar-refractivity contribution in [1.82, 2.24) is 5.32 Å². The van der Waals surface area contributed by atoms with Crippen molar-refractivity contribution in [2.75, 3.05) is 0 Å². The van der Waals surface area contributed by atoms with Gasteiger partial charge < -0.3 is 10.4 Å². The molecule has 1 rings (SSSR count). The highest BCUT2D eigenvalue weighted by Crippen LogP contribution is 2.38. The van der Waals surface area contributed by atoms with E-state index < -0.39 is 23.4 Å². The molecule has 0 saturated heterocycles. The van der Waals surface area contributed by atoms with E-state index in [1.807, 2.05) is 0 Å². The lowest BCUT2D eigenvalue weighted by atomic mass is 10.1. The SMILES string of the molecule is CC(CCC(=O)O)NC(=O)c1ccccc1SC(F)(F)F. The van der Waals surface area contributed by atoms with E-state index in [1.165, 1.54) is 24.3 Å². The number of alkyl halides is 3. The summed E-state index contributed by atoms with van der Waals surface area (Å²) in [6.45, 7) is 1.60. The Morgan fingerprint density at radius 1 is 1.33 bits per heavy atom. The van der Waals surface area contributed by atoms with Crippen LogP contribution in [-0.4, -0.2) is 28.5 Å². The number of amides is 1. The molecule has 1 aromatic carbocycles. The Hall–Kier alpha value is -1.70. The molecule has 2 N–H and O–H groups in total. The summed E-state index contributed by atoms with van der Waals surface area (Å²) >= 11 is -0.354. The molecule has 1 atom stereocenters. The fraction of sp³-hybridized carbons (Fsp3) is 0.385. The van der Waals surface area contributed by atoms with Gasteiger partial charge in [0.1, 0.15) is 0 Å². The van der Waals surface area contributed by atoms with Crippen molar-refractivity contribution in [2.24, 2.45) is 0 Å². The summed E-state index contributed by atoms with van der Waals surface area (Å²) in [7, 11) is 0. The highest BCUT2D eigenvalue weighted by molar-refractivity contribution is 8.00. The number of benzene rings is 1. The number of hydrogen-bond donors (Lipinski definition) is 2. The number of carboxylic acids is 1. The van der Waals surface area contributed by atoms with E-state index in [1.54, 1.807) is 6.92 Å². The van der Waals surface area contributed by atoms with E-state index in [0.717, 1.165) is 0 Å². The normalized spacial score (nSPS) is 12.8. The fourth-order valence-electron chi connectivity index (χ4n) is 1.58. The molecule has 1 amide bonds. The number of carboxylic acid groups (broad SMARTS) is 1. The molecule has 1 unspecified atom stereocenters. The van der Waals surface area contributed by atoms with Crippen LogP contribution in [0.5, 0.6) is 0 Å². The van der Waals surface area contributed by atoms with E-state index in [-0.39, 0.29) is 35.1 Å². The van der Waals surface area contributed by atoms with Crippen LogP contribution in [0.3, 0.4) is 0 Å². The van der Waals surface area contributed by atoms with Gasteiger partial charge in [-0.3, -0.25) is 9.59 Å². The third-order valence-electron chi connectivity index (χ3n) is 2.53. The number of carbonyl (C=O) groups excluding carboxylic acids is 1. The Balaban J connectivity index is 2.76. The van der Waals surface area contributed by atoms with Crippen molar-refractivity contribution in [3.05, 3.63) is 29.8 Å².